The summed E-state index contributed by atoms with van der Waals surface area (Å²) in [4.78, 5) is 14.3. The molecule has 6 nitrogen and oxygen atoms in total. The summed E-state index contributed by atoms with van der Waals surface area (Å²) in [6, 6.07) is 9.73. The number of nitrogen functional groups attached to an aromatic ring is 1. The first-order valence-electron chi connectivity index (χ1n) is 8.71. The van der Waals surface area contributed by atoms with Crippen LogP contribution in [0.25, 0.3) is 0 Å². The van der Waals surface area contributed by atoms with E-state index in [1.807, 2.05) is 30.3 Å². The summed E-state index contributed by atoms with van der Waals surface area (Å²) < 4.78 is 1.58. The van der Waals surface area contributed by atoms with Gasteiger partial charge in [0.2, 0.25) is 11.1 Å². The van der Waals surface area contributed by atoms with E-state index in [2.05, 4.69) is 10.2 Å². The highest BCUT2D eigenvalue weighted by Gasteiger charge is 2.28. The number of carbonyl (C=O) groups is 1. The van der Waals surface area contributed by atoms with Crippen LogP contribution in [0, 0.1) is 0 Å². The van der Waals surface area contributed by atoms with E-state index in [4.69, 9.17) is 5.84 Å². The van der Waals surface area contributed by atoms with E-state index in [0.717, 1.165) is 24.2 Å². The fraction of sp³-hybridized carbons (Fsp3) is 0.500. The maximum atomic E-state index is 12.7. The second-order valence-corrected chi connectivity index (χ2v) is 7.76. The molecule has 1 saturated carbocycles. The fourth-order valence-corrected chi connectivity index (χ4v) is 4.35. The molecule has 1 fully saturated rings. The Bertz CT molecular complexity index is 710. The SMILES string of the molecule is CN(C)C(=O)[C@H](Sc1nnc(C2CCCCC2)n1N)c1ccccc1. The molecule has 0 radical (unpaired) electrons. The lowest BCUT2D eigenvalue weighted by Gasteiger charge is -2.21. The average molecular weight is 359 g/mol. The molecule has 1 aromatic heterocycles. The van der Waals surface area contributed by atoms with Gasteiger partial charge in [0.25, 0.3) is 0 Å². The Morgan fingerprint density at radius 1 is 1.20 bits per heavy atom. The highest BCUT2D eigenvalue weighted by atomic mass is 32.2. The lowest BCUT2D eigenvalue weighted by atomic mass is 9.89. The molecule has 2 N–H and O–H groups in total. The minimum Gasteiger partial charge on any atom is -0.348 e. The lowest BCUT2D eigenvalue weighted by Crippen LogP contribution is -2.27. The Morgan fingerprint density at radius 2 is 1.88 bits per heavy atom. The van der Waals surface area contributed by atoms with Crippen LogP contribution in [-0.2, 0) is 4.79 Å². The van der Waals surface area contributed by atoms with Crippen molar-refractivity contribution in [1.82, 2.24) is 19.8 Å². The topological polar surface area (TPSA) is 77.0 Å². The van der Waals surface area contributed by atoms with Crippen LogP contribution in [0.15, 0.2) is 35.5 Å². The van der Waals surface area contributed by atoms with Gasteiger partial charge in [-0.15, -0.1) is 10.2 Å². The summed E-state index contributed by atoms with van der Waals surface area (Å²) in [5.41, 5.74) is 0.938. The molecule has 134 valence electrons. The molecule has 1 aromatic carbocycles. The first-order chi connectivity index (χ1) is 12.1. The van der Waals surface area contributed by atoms with Gasteiger partial charge in [-0.25, -0.2) is 4.68 Å². The zero-order valence-electron chi connectivity index (χ0n) is 14.8. The number of nitrogens with two attached hydrogens (primary N) is 1. The molecular weight excluding hydrogens is 334 g/mol. The average Bonchev–Trinajstić information content (AvgIpc) is 3.01. The molecule has 1 atom stereocenters. The monoisotopic (exact) mass is 359 g/mol. The number of hydrogen-bond donors (Lipinski definition) is 1. The van der Waals surface area contributed by atoms with Gasteiger partial charge in [-0.2, -0.15) is 0 Å². The molecule has 0 saturated heterocycles. The number of thioether (sulfide) groups is 1. The molecule has 2 aromatic rings. The molecule has 1 amide bonds. The summed E-state index contributed by atoms with van der Waals surface area (Å²) in [5, 5.41) is 8.81. The fourth-order valence-electron chi connectivity index (χ4n) is 3.24. The molecule has 1 heterocycles. The van der Waals surface area contributed by atoms with Gasteiger partial charge >= 0.3 is 0 Å². The molecule has 3 rings (SSSR count). The number of rotatable bonds is 5. The summed E-state index contributed by atoms with van der Waals surface area (Å²) in [5.74, 6) is 7.51. The smallest absolute Gasteiger partial charge is 0.240 e. The van der Waals surface area contributed by atoms with Crippen molar-refractivity contribution in [3.05, 3.63) is 41.7 Å². The minimum atomic E-state index is -0.387. The Labute approximate surface area is 152 Å². The van der Waals surface area contributed by atoms with E-state index in [1.54, 1.807) is 23.7 Å². The summed E-state index contributed by atoms with van der Waals surface area (Å²) in [6.07, 6.45) is 5.93. The van der Waals surface area contributed by atoms with E-state index in [-0.39, 0.29) is 11.2 Å². The number of hydrogen-bond acceptors (Lipinski definition) is 5. The van der Waals surface area contributed by atoms with Crippen LogP contribution in [0.4, 0.5) is 0 Å². The maximum Gasteiger partial charge on any atom is 0.240 e. The van der Waals surface area contributed by atoms with Crippen LogP contribution >= 0.6 is 11.8 Å². The van der Waals surface area contributed by atoms with Crippen molar-refractivity contribution < 1.29 is 4.79 Å². The van der Waals surface area contributed by atoms with Gasteiger partial charge in [-0.1, -0.05) is 61.4 Å². The van der Waals surface area contributed by atoms with E-state index < -0.39 is 0 Å². The number of benzene rings is 1. The van der Waals surface area contributed by atoms with Gasteiger partial charge in [-0.05, 0) is 18.4 Å². The van der Waals surface area contributed by atoms with Crippen LogP contribution in [0.3, 0.4) is 0 Å². The first kappa shape index (κ1) is 17.8. The van der Waals surface area contributed by atoms with Gasteiger partial charge in [0.05, 0.1) is 0 Å². The van der Waals surface area contributed by atoms with Crippen molar-refractivity contribution in [2.45, 2.75) is 48.4 Å². The lowest BCUT2D eigenvalue weighted by molar-refractivity contribution is -0.128. The molecule has 25 heavy (non-hydrogen) atoms. The van der Waals surface area contributed by atoms with Gasteiger partial charge < -0.3 is 10.7 Å². The number of nitrogens with zero attached hydrogens (tertiary/aromatic N) is 4. The van der Waals surface area contributed by atoms with Gasteiger partial charge in [-0.3, -0.25) is 4.79 Å². The Kier molecular flexibility index (Phi) is 5.63. The standard InChI is InChI=1S/C18H25N5OS/c1-22(2)17(24)15(13-9-5-3-6-10-13)25-18-21-20-16(23(18)19)14-11-7-4-8-12-14/h3,5-6,9-10,14-15H,4,7-8,11-12,19H2,1-2H3/t15-/m1/s1. The second-order valence-electron chi connectivity index (χ2n) is 6.69. The van der Waals surface area contributed by atoms with Crippen molar-refractivity contribution in [3.63, 3.8) is 0 Å². The second kappa shape index (κ2) is 7.91. The summed E-state index contributed by atoms with van der Waals surface area (Å²) in [7, 11) is 3.53. The molecule has 0 bridgehead atoms. The Morgan fingerprint density at radius 3 is 2.52 bits per heavy atom. The van der Waals surface area contributed by atoms with Crippen molar-refractivity contribution in [2.24, 2.45) is 0 Å². The van der Waals surface area contributed by atoms with E-state index in [1.165, 1.54) is 31.0 Å². The van der Waals surface area contributed by atoms with Crippen LogP contribution in [-0.4, -0.2) is 39.8 Å². The van der Waals surface area contributed by atoms with Gasteiger partial charge in [0.15, 0.2) is 5.82 Å². The van der Waals surface area contributed by atoms with Crippen molar-refractivity contribution in [2.75, 3.05) is 19.9 Å². The quantitative estimate of drug-likeness (QED) is 0.656. The number of aromatic nitrogens is 3. The van der Waals surface area contributed by atoms with Gasteiger partial charge in [0.1, 0.15) is 5.25 Å². The molecule has 7 heteroatoms. The summed E-state index contributed by atoms with van der Waals surface area (Å²) in [6.45, 7) is 0. The van der Waals surface area contributed by atoms with Crippen LogP contribution in [0.2, 0.25) is 0 Å². The molecule has 0 unspecified atom stereocenters. The van der Waals surface area contributed by atoms with Crippen molar-refractivity contribution in [1.29, 1.82) is 0 Å². The third kappa shape index (κ3) is 3.98. The van der Waals surface area contributed by atoms with Crippen molar-refractivity contribution in [3.8, 4) is 0 Å². The Hall–Kier alpha value is -2.02. The zero-order valence-corrected chi connectivity index (χ0v) is 15.6. The molecule has 1 aliphatic rings. The molecular formula is C18H25N5OS. The highest BCUT2D eigenvalue weighted by molar-refractivity contribution is 8.00. The zero-order chi connectivity index (χ0) is 17.8. The van der Waals surface area contributed by atoms with E-state index in [9.17, 15) is 4.79 Å². The predicted molar refractivity (Wildman–Crippen MR) is 99.7 cm³/mol. The Balaban J connectivity index is 1.85. The predicted octanol–water partition coefficient (Wildman–Crippen LogP) is 2.96. The third-order valence-electron chi connectivity index (χ3n) is 4.65. The number of amides is 1. The van der Waals surface area contributed by atoms with Crippen LogP contribution in [0.5, 0.6) is 0 Å². The van der Waals surface area contributed by atoms with Crippen molar-refractivity contribution >= 4 is 17.7 Å². The largest absolute Gasteiger partial charge is 0.348 e. The normalized spacial score (nSPS) is 16.6. The summed E-state index contributed by atoms with van der Waals surface area (Å²) >= 11 is 1.36. The number of carbonyl (C=O) groups excluding carboxylic acids is 1. The van der Waals surface area contributed by atoms with E-state index >= 15 is 0 Å². The van der Waals surface area contributed by atoms with Gasteiger partial charge in [0, 0.05) is 20.0 Å². The maximum absolute atomic E-state index is 12.7. The van der Waals surface area contributed by atoms with Crippen LogP contribution in [0.1, 0.15) is 54.7 Å². The molecule has 0 spiro atoms. The first-order valence-corrected chi connectivity index (χ1v) is 9.59. The molecule has 1 aliphatic carbocycles. The van der Waals surface area contributed by atoms with E-state index in [0.29, 0.717) is 11.1 Å². The highest BCUT2D eigenvalue weighted by Crippen LogP contribution is 2.37. The third-order valence-corrected chi connectivity index (χ3v) is 5.85. The minimum absolute atomic E-state index is 0.0124. The van der Waals surface area contributed by atoms with Crippen LogP contribution < -0.4 is 5.84 Å². The number of likely N-dealkylation sites (N-methyl/N-ethyl adjacent to an activating group) is 1. The molecule has 0 aliphatic heterocycles.